The molecule has 0 heterocycles. The molecule has 220 valence electrons. The lowest BCUT2D eigenvalue weighted by Crippen LogP contribution is -2.64. The van der Waals surface area contributed by atoms with Gasteiger partial charge in [-0.25, -0.2) is 4.79 Å². The first kappa shape index (κ1) is 29.2. The average molecular weight is 567 g/mol. The zero-order chi connectivity index (χ0) is 29.6. The third-order valence-corrected chi connectivity index (χ3v) is 10.2. The number of allylic oxidation sites excluding steroid dienone is 4. The summed E-state index contributed by atoms with van der Waals surface area (Å²) in [5.74, 6) is -1.71. The molecule has 0 bridgehead atoms. The number of hydrogen-bond acceptors (Lipinski definition) is 9. The standard InChI is InChI=1S/C32H38O9/c1-4-39-29(38)41-32(28(37)24(34)17-26(36)40-21-8-6-5-7-9-21)15-13-23-22-11-10-19-16-20(33)12-14-30(19,2)27(22)25(35)18-31(23,32)3/h5-9,12,14,16,22-25,27,34-35H,4,10-11,13,15,17-18H2,1-3H3/t22-,23-,24?,25?,27+,30-,31-,32-/m0/s1. The van der Waals surface area contributed by atoms with E-state index in [0.29, 0.717) is 19.3 Å². The van der Waals surface area contributed by atoms with Crippen molar-refractivity contribution >= 4 is 23.7 Å². The van der Waals surface area contributed by atoms with Crippen LogP contribution in [0, 0.1) is 28.6 Å². The van der Waals surface area contributed by atoms with Crippen molar-refractivity contribution in [2.45, 2.75) is 77.1 Å². The molecule has 4 aliphatic carbocycles. The molecular weight excluding hydrogens is 528 g/mol. The number of rotatable bonds is 7. The number of benzene rings is 1. The second-order valence-electron chi connectivity index (χ2n) is 12.2. The molecule has 4 aliphatic rings. The molecule has 1 aromatic rings. The van der Waals surface area contributed by atoms with Crippen LogP contribution in [0.4, 0.5) is 4.79 Å². The minimum atomic E-state index is -1.81. The van der Waals surface area contributed by atoms with Gasteiger partial charge in [0.1, 0.15) is 11.9 Å². The Hall–Kier alpha value is -3.30. The monoisotopic (exact) mass is 566 g/mol. The highest BCUT2D eigenvalue weighted by atomic mass is 16.7. The molecule has 0 radical (unpaired) electrons. The summed E-state index contributed by atoms with van der Waals surface area (Å²) in [6.45, 7) is 5.54. The summed E-state index contributed by atoms with van der Waals surface area (Å²) in [5, 5.41) is 22.8. The van der Waals surface area contributed by atoms with E-state index < -0.39 is 53.0 Å². The molecule has 9 heteroatoms. The Labute approximate surface area is 239 Å². The normalized spacial score (nSPS) is 36.2. The van der Waals surface area contributed by atoms with Crippen LogP contribution in [0.25, 0.3) is 0 Å². The van der Waals surface area contributed by atoms with Gasteiger partial charge in [0.25, 0.3) is 0 Å². The molecule has 9 nitrogen and oxygen atoms in total. The summed E-state index contributed by atoms with van der Waals surface area (Å²) in [4.78, 5) is 51.6. The molecule has 0 saturated heterocycles. The smallest absolute Gasteiger partial charge is 0.435 e. The van der Waals surface area contributed by atoms with Crippen molar-refractivity contribution in [3.05, 3.63) is 54.1 Å². The molecule has 0 aromatic heterocycles. The van der Waals surface area contributed by atoms with E-state index in [0.717, 1.165) is 5.57 Å². The number of hydrogen-bond donors (Lipinski definition) is 2. The molecule has 1 aromatic carbocycles. The first-order valence-electron chi connectivity index (χ1n) is 14.4. The lowest BCUT2D eigenvalue weighted by molar-refractivity contribution is -0.188. The van der Waals surface area contributed by atoms with Gasteiger partial charge >= 0.3 is 12.1 Å². The van der Waals surface area contributed by atoms with E-state index in [9.17, 15) is 29.4 Å². The van der Waals surface area contributed by atoms with Crippen LogP contribution in [0.3, 0.4) is 0 Å². The van der Waals surface area contributed by atoms with Crippen LogP contribution in [0.2, 0.25) is 0 Å². The van der Waals surface area contributed by atoms with E-state index in [4.69, 9.17) is 14.2 Å². The predicted molar refractivity (Wildman–Crippen MR) is 147 cm³/mol. The minimum Gasteiger partial charge on any atom is -0.435 e. The van der Waals surface area contributed by atoms with Crippen molar-refractivity contribution in [3.63, 3.8) is 0 Å². The number of ether oxygens (including phenoxy) is 3. The van der Waals surface area contributed by atoms with Gasteiger partial charge in [-0.3, -0.25) is 14.4 Å². The van der Waals surface area contributed by atoms with Crippen molar-refractivity contribution in [2.24, 2.45) is 28.6 Å². The van der Waals surface area contributed by atoms with Crippen molar-refractivity contribution in [2.75, 3.05) is 6.61 Å². The SMILES string of the molecule is CCOC(=O)O[C@]1(C(=O)C(O)CC(=O)Oc2ccccc2)CC[C@H]2[C@@H]3CCC4=CC(=O)C=C[C@]4(C)[C@H]3C(O)C[C@@]21C. The third-order valence-electron chi connectivity index (χ3n) is 10.2. The Morgan fingerprint density at radius 3 is 2.56 bits per heavy atom. The molecule has 2 unspecified atom stereocenters. The topological polar surface area (TPSA) is 136 Å². The molecule has 3 saturated carbocycles. The van der Waals surface area contributed by atoms with Gasteiger partial charge in [0, 0.05) is 16.7 Å². The summed E-state index contributed by atoms with van der Waals surface area (Å²) < 4.78 is 16.2. The van der Waals surface area contributed by atoms with Gasteiger partial charge < -0.3 is 24.4 Å². The second kappa shape index (κ2) is 10.8. The number of fused-ring (bicyclic) bond motifs is 5. The summed E-state index contributed by atoms with van der Waals surface area (Å²) in [6, 6.07) is 8.32. The zero-order valence-electron chi connectivity index (χ0n) is 23.7. The number of esters is 1. The van der Waals surface area contributed by atoms with Crippen LogP contribution in [0.1, 0.15) is 59.3 Å². The Balaban J connectivity index is 1.45. The van der Waals surface area contributed by atoms with Crippen LogP contribution in [0.15, 0.2) is 54.1 Å². The number of carbonyl (C=O) groups excluding carboxylic acids is 4. The highest BCUT2D eigenvalue weighted by Gasteiger charge is 2.71. The summed E-state index contributed by atoms with van der Waals surface area (Å²) >= 11 is 0. The van der Waals surface area contributed by atoms with Gasteiger partial charge in [0.2, 0.25) is 5.78 Å². The summed E-state index contributed by atoms with van der Waals surface area (Å²) in [5.41, 5.74) is -2.34. The maximum atomic E-state index is 14.1. The molecular formula is C32H38O9. The predicted octanol–water partition coefficient (Wildman–Crippen LogP) is 4.10. The van der Waals surface area contributed by atoms with Crippen LogP contribution >= 0.6 is 0 Å². The fraction of sp³-hybridized carbons (Fsp3) is 0.562. The van der Waals surface area contributed by atoms with E-state index in [-0.39, 0.29) is 48.7 Å². The maximum absolute atomic E-state index is 14.1. The average Bonchev–Trinajstić information content (AvgIpc) is 3.20. The number of ketones is 2. The summed E-state index contributed by atoms with van der Waals surface area (Å²) in [7, 11) is 0. The number of para-hydroxylation sites is 1. The molecule has 41 heavy (non-hydrogen) atoms. The quantitative estimate of drug-likeness (QED) is 0.369. The van der Waals surface area contributed by atoms with Gasteiger partial charge in [0.15, 0.2) is 11.4 Å². The van der Waals surface area contributed by atoms with E-state index in [1.165, 1.54) is 0 Å². The van der Waals surface area contributed by atoms with E-state index in [1.807, 2.05) is 13.0 Å². The fourth-order valence-electron chi connectivity index (χ4n) is 8.41. The molecule has 0 aliphatic heterocycles. The molecule has 0 amide bonds. The van der Waals surface area contributed by atoms with Crippen molar-refractivity contribution in [1.29, 1.82) is 0 Å². The van der Waals surface area contributed by atoms with Crippen LogP contribution in [-0.4, -0.2) is 58.3 Å². The number of Topliss-reactive ketones (excluding diaryl/α,β-unsaturated/α-hetero) is 1. The Kier molecular flexibility index (Phi) is 7.72. The number of aliphatic hydroxyl groups excluding tert-OH is 2. The van der Waals surface area contributed by atoms with Gasteiger partial charge in [-0.1, -0.05) is 43.7 Å². The molecule has 0 spiro atoms. The largest absolute Gasteiger partial charge is 0.509 e. The third kappa shape index (κ3) is 4.83. The fourth-order valence-corrected chi connectivity index (χ4v) is 8.41. The molecule has 3 fully saturated rings. The zero-order valence-corrected chi connectivity index (χ0v) is 23.7. The lowest BCUT2D eigenvalue weighted by Gasteiger charge is -2.59. The minimum absolute atomic E-state index is 0.0237. The maximum Gasteiger partial charge on any atom is 0.509 e. The Bertz CT molecular complexity index is 1290. The number of carbonyl (C=O) groups is 4. The summed E-state index contributed by atoms with van der Waals surface area (Å²) in [6.07, 6.45) is 2.98. The van der Waals surface area contributed by atoms with E-state index >= 15 is 0 Å². The molecule has 2 N–H and O–H groups in total. The first-order chi connectivity index (χ1) is 19.4. The lowest BCUT2D eigenvalue weighted by atomic mass is 9.46. The number of aliphatic hydroxyl groups is 2. The molecule has 5 rings (SSSR count). The van der Waals surface area contributed by atoms with Gasteiger partial charge in [0.05, 0.1) is 19.1 Å². The molecule has 8 atom stereocenters. The van der Waals surface area contributed by atoms with Crippen molar-refractivity contribution in [1.82, 2.24) is 0 Å². The van der Waals surface area contributed by atoms with Crippen molar-refractivity contribution in [3.8, 4) is 5.75 Å². The first-order valence-corrected chi connectivity index (χ1v) is 14.4. The Morgan fingerprint density at radius 1 is 1.12 bits per heavy atom. The van der Waals surface area contributed by atoms with E-state index in [1.54, 1.807) is 49.4 Å². The Morgan fingerprint density at radius 2 is 1.85 bits per heavy atom. The highest BCUT2D eigenvalue weighted by molar-refractivity contribution is 6.01. The van der Waals surface area contributed by atoms with Crippen LogP contribution in [-0.2, 0) is 23.9 Å². The van der Waals surface area contributed by atoms with Gasteiger partial charge in [-0.05, 0) is 75.1 Å². The van der Waals surface area contributed by atoms with Crippen LogP contribution < -0.4 is 4.74 Å². The highest BCUT2D eigenvalue weighted by Crippen LogP contribution is 2.68. The van der Waals surface area contributed by atoms with Crippen LogP contribution in [0.5, 0.6) is 5.75 Å². The van der Waals surface area contributed by atoms with Gasteiger partial charge in [-0.15, -0.1) is 0 Å². The van der Waals surface area contributed by atoms with E-state index in [2.05, 4.69) is 6.92 Å². The van der Waals surface area contributed by atoms with Crippen molar-refractivity contribution < 1.29 is 43.6 Å². The second-order valence-corrected chi connectivity index (χ2v) is 12.2. The van der Waals surface area contributed by atoms with Gasteiger partial charge in [-0.2, -0.15) is 0 Å².